The van der Waals surface area contributed by atoms with Gasteiger partial charge in [-0.1, -0.05) is 12.1 Å². The number of anilines is 1. The van der Waals surface area contributed by atoms with Gasteiger partial charge in [-0.2, -0.15) is 13.2 Å². The maximum absolute atomic E-state index is 12.4. The highest BCUT2D eigenvalue weighted by Gasteiger charge is 2.29. The summed E-state index contributed by atoms with van der Waals surface area (Å²) in [5.41, 5.74) is 5.78. The summed E-state index contributed by atoms with van der Waals surface area (Å²) >= 11 is 0. The second-order valence-electron chi connectivity index (χ2n) is 4.10. The standard InChI is InChI=1S/C13H11F3N2OS/c14-13(15,16)10-3-1-9(2-4-10)8-20(19)12-5-6-18-7-11(12)17/h1-7H,8,17H2. The minimum atomic E-state index is -4.37. The van der Waals surface area contributed by atoms with Crippen LogP contribution in [0.25, 0.3) is 0 Å². The minimum absolute atomic E-state index is 0.104. The molecule has 0 saturated heterocycles. The zero-order valence-electron chi connectivity index (χ0n) is 10.2. The number of benzene rings is 1. The van der Waals surface area contributed by atoms with E-state index in [0.717, 1.165) is 12.1 Å². The van der Waals surface area contributed by atoms with E-state index in [4.69, 9.17) is 5.73 Å². The number of pyridine rings is 1. The highest BCUT2D eigenvalue weighted by molar-refractivity contribution is 7.84. The fourth-order valence-corrected chi connectivity index (χ4v) is 2.80. The van der Waals surface area contributed by atoms with Crippen LogP contribution >= 0.6 is 0 Å². The van der Waals surface area contributed by atoms with Gasteiger partial charge >= 0.3 is 6.18 Å². The van der Waals surface area contributed by atoms with Crippen molar-refractivity contribution in [1.29, 1.82) is 0 Å². The molecule has 1 aromatic carbocycles. The van der Waals surface area contributed by atoms with Gasteiger partial charge in [-0.3, -0.25) is 9.19 Å². The van der Waals surface area contributed by atoms with Crippen molar-refractivity contribution in [3.8, 4) is 0 Å². The smallest absolute Gasteiger partial charge is 0.396 e. The molecule has 20 heavy (non-hydrogen) atoms. The van der Waals surface area contributed by atoms with Crippen LogP contribution < -0.4 is 5.73 Å². The predicted octanol–water partition coefficient (Wildman–Crippen LogP) is 2.99. The number of nitrogens with two attached hydrogens (primary N) is 1. The lowest BCUT2D eigenvalue weighted by Gasteiger charge is -2.08. The maximum Gasteiger partial charge on any atom is 0.416 e. The third kappa shape index (κ3) is 3.36. The summed E-state index contributed by atoms with van der Waals surface area (Å²) in [5, 5.41) is 0. The van der Waals surface area contributed by atoms with Gasteiger partial charge in [-0.15, -0.1) is 0 Å². The van der Waals surface area contributed by atoms with E-state index in [1.807, 2.05) is 0 Å². The van der Waals surface area contributed by atoms with Gasteiger partial charge in [-0.25, -0.2) is 0 Å². The van der Waals surface area contributed by atoms with E-state index < -0.39 is 22.5 Å². The molecule has 0 radical (unpaired) electrons. The summed E-state index contributed by atoms with van der Waals surface area (Å²) in [6, 6.07) is 6.12. The van der Waals surface area contributed by atoms with Crippen LogP contribution in [0.15, 0.2) is 47.6 Å². The summed E-state index contributed by atoms with van der Waals surface area (Å²) in [4.78, 5) is 4.22. The molecule has 106 valence electrons. The Labute approximate surface area is 116 Å². The molecule has 0 amide bonds. The SMILES string of the molecule is Nc1cnccc1S(=O)Cc1ccc(C(F)(F)F)cc1. The van der Waals surface area contributed by atoms with E-state index in [9.17, 15) is 17.4 Å². The number of nitrogen functional groups attached to an aromatic ring is 1. The van der Waals surface area contributed by atoms with Gasteiger partial charge in [0.25, 0.3) is 0 Å². The van der Waals surface area contributed by atoms with Gasteiger partial charge in [0.1, 0.15) is 0 Å². The van der Waals surface area contributed by atoms with Gasteiger partial charge < -0.3 is 5.73 Å². The maximum atomic E-state index is 12.4. The van der Waals surface area contributed by atoms with Crippen molar-refractivity contribution in [2.24, 2.45) is 0 Å². The summed E-state index contributed by atoms with van der Waals surface area (Å²) in [6.45, 7) is 0. The molecule has 0 bridgehead atoms. The Kier molecular flexibility index (Phi) is 4.08. The second-order valence-corrected chi connectivity index (χ2v) is 5.52. The molecule has 0 fully saturated rings. The number of hydrogen-bond acceptors (Lipinski definition) is 3. The largest absolute Gasteiger partial charge is 0.416 e. The van der Waals surface area contributed by atoms with Crippen LogP contribution in [0.1, 0.15) is 11.1 Å². The Morgan fingerprint density at radius 2 is 1.80 bits per heavy atom. The first-order chi connectivity index (χ1) is 9.38. The zero-order valence-corrected chi connectivity index (χ0v) is 11.0. The van der Waals surface area contributed by atoms with Gasteiger partial charge in [0.15, 0.2) is 0 Å². The van der Waals surface area contributed by atoms with E-state index in [2.05, 4.69) is 4.98 Å². The molecule has 1 aromatic heterocycles. The Hall–Kier alpha value is -1.89. The lowest BCUT2D eigenvalue weighted by Crippen LogP contribution is -2.05. The van der Waals surface area contributed by atoms with Crippen LogP contribution in [0.3, 0.4) is 0 Å². The van der Waals surface area contributed by atoms with Gasteiger partial charge in [0, 0.05) is 6.20 Å². The summed E-state index contributed by atoms with van der Waals surface area (Å²) in [5.74, 6) is 0.104. The van der Waals surface area contributed by atoms with Crippen LogP contribution in [0.4, 0.5) is 18.9 Å². The first-order valence-electron chi connectivity index (χ1n) is 5.62. The lowest BCUT2D eigenvalue weighted by atomic mass is 10.1. The van der Waals surface area contributed by atoms with E-state index in [1.54, 1.807) is 0 Å². The lowest BCUT2D eigenvalue weighted by molar-refractivity contribution is -0.137. The molecule has 2 rings (SSSR count). The van der Waals surface area contributed by atoms with Crippen molar-refractivity contribution in [1.82, 2.24) is 4.98 Å². The molecule has 0 saturated carbocycles. The third-order valence-corrected chi connectivity index (χ3v) is 4.09. The molecule has 0 spiro atoms. The average Bonchev–Trinajstić information content (AvgIpc) is 2.38. The summed E-state index contributed by atoms with van der Waals surface area (Å²) < 4.78 is 49.3. The van der Waals surface area contributed by atoms with Gasteiger partial charge in [0.05, 0.1) is 38.9 Å². The van der Waals surface area contributed by atoms with Crippen molar-refractivity contribution in [3.63, 3.8) is 0 Å². The number of aromatic nitrogens is 1. The van der Waals surface area contributed by atoms with E-state index in [1.165, 1.54) is 30.6 Å². The topological polar surface area (TPSA) is 56.0 Å². The molecule has 0 aliphatic heterocycles. The van der Waals surface area contributed by atoms with Crippen LogP contribution in [0.5, 0.6) is 0 Å². The van der Waals surface area contributed by atoms with Crippen LogP contribution in [0, 0.1) is 0 Å². The Bertz CT molecular complexity index is 626. The Balaban J connectivity index is 2.15. The van der Waals surface area contributed by atoms with Crippen molar-refractivity contribution >= 4 is 16.5 Å². The van der Waals surface area contributed by atoms with E-state index in [0.29, 0.717) is 16.1 Å². The molecule has 0 aliphatic rings. The summed E-state index contributed by atoms with van der Waals surface area (Å²) in [7, 11) is -1.42. The zero-order chi connectivity index (χ0) is 14.8. The summed E-state index contributed by atoms with van der Waals surface area (Å²) in [6.07, 6.45) is -1.51. The molecule has 2 aromatic rings. The molecule has 0 aliphatic carbocycles. The van der Waals surface area contributed by atoms with Crippen LogP contribution in [-0.2, 0) is 22.7 Å². The first kappa shape index (κ1) is 14.5. The second kappa shape index (κ2) is 5.62. The molecule has 1 unspecified atom stereocenters. The third-order valence-electron chi connectivity index (χ3n) is 2.63. The first-order valence-corrected chi connectivity index (χ1v) is 6.94. The van der Waals surface area contributed by atoms with Crippen LogP contribution in [0.2, 0.25) is 0 Å². The Morgan fingerprint density at radius 1 is 1.15 bits per heavy atom. The fraction of sp³-hybridized carbons (Fsp3) is 0.154. The highest BCUT2D eigenvalue weighted by Crippen LogP contribution is 2.29. The van der Waals surface area contributed by atoms with Crippen LogP contribution in [-0.4, -0.2) is 9.19 Å². The normalized spacial score (nSPS) is 13.2. The van der Waals surface area contributed by atoms with Gasteiger partial charge in [-0.05, 0) is 23.8 Å². The highest BCUT2D eigenvalue weighted by atomic mass is 32.2. The number of halogens is 3. The van der Waals surface area contributed by atoms with E-state index >= 15 is 0 Å². The van der Waals surface area contributed by atoms with E-state index in [-0.39, 0.29) is 5.75 Å². The van der Waals surface area contributed by atoms with Crippen molar-refractivity contribution in [3.05, 3.63) is 53.9 Å². The number of hydrogen-bond donors (Lipinski definition) is 1. The monoisotopic (exact) mass is 300 g/mol. The molecule has 2 N–H and O–H groups in total. The van der Waals surface area contributed by atoms with Crippen molar-refractivity contribution < 1.29 is 17.4 Å². The number of alkyl halides is 3. The quantitative estimate of drug-likeness (QED) is 0.948. The van der Waals surface area contributed by atoms with Crippen molar-refractivity contribution in [2.75, 3.05) is 5.73 Å². The molecular weight excluding hydrogens is 289 g/mol. The fourth-order valence-electron chi connectivity index (χ4n) is 1.62. The Morgan fingerprint density at radius 3 is 2.35 bits per heavy atom. The average molecular weight is 300 g/mol. The molecule has 1 heterocycles. The van der Waals surface area contributed by atoms with Crippen molar-refractivity contribution in [2.45, 2.75) is 16.8 Å². The minimum Gasteiger partial charge on any atom is -0.396 e. The van der Waals surface area contributed by atoms with Gasteiger partial charge in [0.2, 0.25) is 0 Å². The molecule has 1 atom stereocenters. The molecular formula is C13H11F3N2OS. The molecule has 7 heteroatoms. The predicted molar refractivity (Wildman–Crippen MR) is 70.2 cm³/mol. The number of rotatable bonds is 3. The number of nitrogens with zero attached hydrogens (tertiary/aromatic N) is 1. The molecule has 3 nitrogen and oxygen atoms in total.